The van der Waals surface area contributed by atoms with Gasteiger partial charge in [0.15, 0.2) is 0 Å². The van der Waals surface area contributed by atoms with Crippen molar-refractivity contribution < 1.29 is 9.53 Å². The molecule has 6 heteroatoms. The Hall–Kier alpha value is -1.40. The summed E-state index contributed by atoms with van der Waals surface area (Å²) in [6, 6.07) is -0.188. The molecule has 1 fully saturated rings. The summed E-state index contributed by atoms with van der Waals surface area (Å²) < 4.78 is 5.23. The number of amides is 1. The van der Waals surface area contributed by atoms with Gasteiger partial charge in [0.05, 0.1) is 19.3 Å². The number of H-pyrrole nitrogens is 1. The number of aromatic nitrogens is 2. The molecule has 18 heavy (non-hydrogen) atoms. The van der Waals surface area contributed by atoms with Crippen molar-refractivity contribution in [2.24, 2.45) is 0 Å². The summed E-state index contributed by atoms with van der Waals surface area (Å²) in [5, 5.41) is 3.21. The van der Waals surface area contributed by atoms with Gasteiger partial charge in [-0.3, -0.25) is 4.79 Å². The molecule has 1 aliphatic rings. The Balaban J connectivity index is 1.79. The average molecular weight is 252 g/mol. The second-order valence-electron chi connectivity index (χ2n) is 4.53. The van der Waals surface area contributed by atoms with Gasteiger partial charge in [0.2, 0.25) is 5.91 Å². The smallest absolute Gasteiger partial charge is 0.239 e. The van der Waals surface area contributed by atoms with Crippen LogP contribution in [0.5, 0.6) is 0 Å². The number of aromatic amines is 1. The summed E-state index contributed by atoms with van der Waals surface area (Å²) in [4.78, 5) is 21.2. The van der Waals surface area contributed by atoms with Crippen molar-refractivity contribution in [2.75, 3.05) is 26.3 Å². The number of aryl methyl sites for hydroxylation is 1. The molecule has 2 heterocycles. The lowest BCUT2D eigenvalue weighted by atomic mass is 10.2. The highest BCUT2D eigenvalue weighted by Gasteiger charge is 2.21. The Labute approximate surface area is 107 Å². The van der Waals surface area contributed by atoms with E-state index < -0.39 is 0 Å². The number of carbonyl (C=O) groups excluding carboxylic acids is 1. The highest BCUT2D eigenvalue weighted by molar-refractivity contribution is 5.81. The van der Waals surface area contributed by atoms with E-state index in [-0.39, 0.29) is 11.9 Å². The van der Waals surface area contributed by atoms with Gasteiger partial charge in [-0.25, -0.2) is 4.98 Å². The van der Waals surface area contributed by atoms with Crippen LogP contribution >= 0.6 is 0 Å². The Morgan fingerprint density at radius 2 is 2.33 bits per heavy atom. The first-order valence-electron chi connectivity index (χ1n) is 6.27. The fourth-order valence-electron chi connectivity index (χ4n) is 1.97. The van der Waals surface area contributed by atoms with Crippen LogP contribution in [0.15, 0.2) is 6.20 Å². The van der Waals surface area contributed by atoms with Crippen molar-refractivity contribution in [2.45, 2.75) is 26.4 Å². The topological polar surface area (TPSA) is 70.2 Å². The van der Waals surface area contributed by atoms with Crippen LogP contribution in [0.4, 0.5) is 0 Å². The molecule has 0 radical (unpaired) electrons. The molecule has 2 N–H and O–H groups in total. The number of imidazole rings is 1. The highest BCUT2D eigenvalue weighted by Crippen LogP contribution is 2.02. The van der Waals surface area contributed by atoms with Gasteiger partial charge in [-0.05, 0) is 13.8 Å². The SMILES string of the molecule is Cc1ncc(CNC(C)C(=O)N2CCOCC2)[nH]1. The molecule has 0 aromatic carbocycles. The third-order valence-electron chi connectivity index (χ3n) is 3.05. The maximum absolute atomic E-state index is 12.1. The van der Waals surface area contributed by atoms with E-state index in [1.165, 1.54) is 0 Å². The van der Waals surface area contributed by atoms with Crippen LogP contribution < -0.4 is 5.32 Å². The number of hydrogen-bond donors (Lipinski definition) is 2. The van der Waals surface area contributed by atoms with Crippen LogP contribution in [0.1, 0.15) is 18.4 Å². The molecular weight excluding hydrogens is 232 g/mol. The summed E-state index contributed by atoms with van der Waals surface area (Å²) in [6.07, 6.45) is 1.79. The summed E-state index contributed by atoms with van der Waals surface area (Å²) in [6.45, 7) is 7.07. The monoisotopic (exact) mass is 252 g/mol. The lowest BCUT2D eigenvalue weighted by Crippen LogP contribution is -2.49. The van der Waals surface area contributed by atoms with E-state index in [0.29, 0.717) is 32.8 Å². The zero-order valence-corrected chi connectivity index (χ0v) is 10.9. The number of ether oxygens (including phenoxy) is 1. The second-order valence-corrected chi connectivity index (χ2v) is 4.53. The second kappa shape index (κ2) is 5.97. The van der Waals surface area contributed by atoms with E-state index in [4.69, 9.17) is 4.74 Å². The molecule has 6 nitrogen and oxygen atoms in total. The first kappa shape index (κ1) is 13.0. The van der Waals surface area contributed by atoms with E-state index in [1.807, 2.05) is 18.7 Å². The van der Waals surface area contributed by atoms with Crippen molar-refractivity contribution in [1.82, 2.24) is 20.2 Å². The molecule has 1 saturated heterocycles. The molecule has 1 unspecified atom stereocenters. The van der Waals surface area contributed by atoms with Crippen molar-refractivity contribution in [3.63, 3.8) is 0 Å². The zero-order chi connectivity index (χ0) is 13.0. The summed E-state index contributed by atoms with van der Waals surface area (Å²) in [5.74, 6) is 1.02. The van der Waals surface area contributed by atoms with E-state index in [1.54, 1.807) is 6.20 Å². The standard InChI is InChI=1S/C12H20N4O2/c1-9(12(17)16-3-5-18-6-4-16)13-7-11-8-14-10(2)15-11/h8-9,13H,3-7H2,1-2H3,(H,14,15). The number of carbonyl (C=O) groups is 1. The van der Waals surface area contributed by atoms with E-state index >= 15 is 0 Å². The molecule has 0 aliphatic carbocycles. The Morgan fingerprint density at radius 3 is 2.94 bits per heavy atom. The lowest BCUT2D eigenvalue weighted by Gasteiger charge is -2.29. The molecule has 0 spiro atoms. The number of nitrogens with zero attached hydrogens (tertiary/aromatic N) is 2. The third-order valence-corrected chi connectivity index (χ3v) is 3.05. The number of morpholine rings is 1. The fraction of sp³-hybridized carbons (Fsp3) is 0.667. The van der Waals surface area contributed by atoms with Crippen molar-refractivity contribution in [3.05, 3.63) is 17.7 Å². The number of nitrogens with one attached hydrogen (secondary N) is 2. The first-order chi connectivity index (χ1) is 8.66. The normalized spacial score (nSPS) is 17.8. The van der Waals surface area contributed by atoms with Crippen LogP contribution in [0.25, 0.3) is 0 Å². The minimum absolute atomic E-state index is 0.134. The average Bonchev–Trinajstić information content (AvgIpc) is 2.82. The van der Waals surface area contributed by atoms with Crippen LogP contribution in [0, 0.1) is 6.92 Å². The maximum Gasteiger partial charge on any atom is 0.239 e. The predicted molar refractivity (Wildman–Crippen MR) is 67.0 cm³/mol. The summed E-state index contributed by atoms with van der Waals surface area (Å²) in [7, 11) is 0. The Bertz CT molecular complexity index is 399. The molecule has 2 rings (SSSR count). The fourth-order valence-corrected chi connectivity index (χ4v) is 1.97. The molecule has 1 atom stereocenters. The lowest BCUT2D eigenvalue weighted by molar-refractivity contribution is -0.137. The largest absolute Gasteiger partial charge is 0.378 e. The van der Waals surface area contributed by atoms with Crippen LogP contribution in [0.3, 0.4) is 0 Å². The minimum Gasteiger partial charge on any atom is -0.378 e. The molecule has 0 bridgehead atoms. The molecular formula is C12H20N4O2. The van der Waals surface area contributed by atoms with E-state index in [9.17, 15) is 4.79 Å². The Kier molecular flexibility index (Phi) is 4.33. The van der Waals surface area contributed by atoms with Gasteiger partial charge in [0.1, 0.15) is 5.82 Å². The molecule has 1 aromatic rings. The van der Waals surface area contributed by atoms with Crippen molar-refractivity contribution in [1.29, 1.82) is 0 Å². The summed E-state index contributed by atoms with van der Waals surface area (Å²) >= 11 is 0. The zero-order valence-electron chi connectivity index (χ0n) is 10.9. The highest BCUT2D eigenvalue weighted by atomic mass is 16.5. The number of rotatable bonds is 4. The quantitative estimate of drug-likeness (QED) is 0.794. The van der Waals surface area contributed by atoms with Gasteiger partial charge >= 0.3 is 0 Å². The van der Waals surface area contributed by atoms with Gasteiger partial charge in [-0.1, -0.05) is 0 Å². The Morgan fingerprint density at radius 1 is 1.61 bits per heavy atom. The van der Waals surface area contributed by atoms with Gasteiger partial charge in [0.25, 0.3) is 0 Å². The molecule has 100 valence electrons. The molecule has 1 aromatic heterocycles. The van der Waals surface area contributed by atoms with Gasteiger partial charge in [0, 0.05) is 31.5 Å². The van der Waals surface area contributed by atoms with Crippen LogP contribution in [-0.2, 0) is 16.1 Å². The minimum atomic E-state index is -0.188. The van der Waals surface area contributed by atoms with Gasteiger partial charge in [-0.2, -0.15) is 0 Å². The van der Waals surface area contributed by atoms with Gasteiger partial charge < -0.3 is 19.9 Å². The van der Waals surface area contributed by atoms with Crippen LogP contribution in [-0.4, -0.2) is 53.1 Å². The first-order valence-corrected chi connectivity index (χ1v) is 6.27. The summed E-state index contributed by atoms with van der Waals surface area (Å²) in [5.41, 5.74) is 0.995. The van der Waals surface area contributed by atoms with E-state index in [2.05, 4.69) is 15.3 Å². The van der Waals surface area contributed by atoms with Crippen molar-refractivity contribution >= 4 is 5.91 Å². The molecule has 0 saturated carbocycles. The molecule has 1 aliphatic heterocycles. The molecule has 1 amide bonds. The van der Waals surface area contributed by atoms with E-state index in [0.717, 1.165) is 11.5 Å². The maximum atomic E-state index is 12.1. The van der Waals surface area contributed by atoms with Crippen LogP contribution in [0.2, 0.25) is 0 Å². The van der Waals surface area contributed by atoms with Crippen molar-refractivity contribution in [3.8, 4) is 0 Å². The number of hydrogen-bond acceptors (Lipinski definition) is 4. The predicted octanol–water partition coefficient (Wildman–Crippen LogP) is 0.0550. The van der Waals surface area contributed by atoms with Gasteiger partial charge in [-0.15, -0.1) is 0 Å². The third kappa shape index (κ3) is 3.30.